The Bertz CT molecular complexity index is 196. The van der Waals surface area contributed by atoms with Crippen LogP contribution in [0.2, 0.25) is 0 Å². The molecular weight excluding hydrogens is 201 g/mol. The Kier molecular flexibility index (Phi) is 4.86. The quantitative estimate of drug-likeness (QED) is 0.690. The zero-order chi connectivity index (χ0) is 11.4. The lowest BCUT2D eigenvalue weighted by Gasteiger charge is -2.19. The molecule has 7 heteroatoms. The van der Waals surface area contributed by atoms with Crippen molar-refractivity contribution >= 4 is 5.97 Å². The van der Waals surface area contributed by atoms with Gasteiger partial charge in [-0.2, -0.15) is 13.2 Å². The normalized spacial score (nSPS) is 14.4. The first-order valence-electron chi connectivity index (χ1n) is 3.96. The van der Waals surface area contributed by atoms with Gasteiger partial charge in [0.25, 0.3) is 0 Å². The van der Waals surface area contributed by atoms with Gasteiger partial charge in [-0.15, -0.1) is 0 Å². The molecule has 0 bridgehead atoms. The fraction of sp³-hybridized carbons (Fsp3) is 0.857. The molecule has 0 aromatic heterocycles. The summed E-state index contributed by atoms with van der Waals surface area (Å²) in [6.45, 7) is -0.337. The summed E-state index contributed by atoms with van der Waals surface area (Å²) in [6.07, 6.45) is -5.18. The van der Waals surface area contributed by atoms with Gasteiger partial charge in [0.05, 0.1) is 6.42 Å². The molecule has 14 heavy (non-hydrogen) atoms. The molecule has 0 aliphatic rings. The van der Waals surface area contributed by atoms with Gasteiger partial charge in [0, 0.05) is 13.1 Å². The van der Waals surface area contributed by atoms with Crippen LogP contribution in [0.3, 0.4) is 0 Å². The summed E-state index contributed by atoms with van der Waals surface area (Å²) in [4.78, 5) is 11.5. The third kappa shape index (κ3) is 6.67. The third-order valence-corrected chi connectivity index (χ3v) is 1.60. The number of nitrogens with zero attached hydrogens (tertiary/aromatic N) is 1. The lowest BCUT2D eigenvalue weighted by Crippen LogP contribution is -2.42. The predicted molar refractivity (Wildman–Crippen MR) is 43.8 cm³/mol. The maximum Gasteiger partial charge on any atom is 0.390 e. The minimum Gasteiger partial charge on any atom is -0.480 e. The second-order valence-corrected chi connectivity index (χ2v) is 3.07. The van der Waals surface area contributed by atoms with E-state index in [-0.39, 0.29) is 13.1 Å². The first-order valence-corrected chi connectivity index (χ1v) is 3.96. The van der Waals surface area contributed by atoms with Crippen molar-refractivity contribution in [2.24, 2.45) is 5.73 Å². The molecule has 0 aliphatic heterocycles. The zero-order valence-corrected chi connectivity index (χ0v) is 7.71. The van der Waals surface area contributed by atoms with Gasteiger partial charge in [-0.3, -0.25) is 4.79 Å². The molecule has 0 radical (unpaired) electrons. The molecule has 0 aromatic carbocycles. The average molecular weight is 214 g/mol. The number of hydrogen-bond acceptors (Lipinski definition) is 3. The van der Waals surface area contributed by atoms with Crippen LogP contribution in [0.1, 0.15) is 6.42 Å². The van der Waals surface area contributed by atoms with Crippen LogP contribution in [0, 0.1) is 0 Å². The number of aliphatic carboxylic acids is 1. The van der Waals surface area contributed by atoms with E-state index in [1.807, 2.05) is 0 Å². The molecule has 0 rings (SSSR count). The molecule has 3 N–H and O–H groups in total. The molecule has 0 saturated heterocycles. The summed E-state index contributed by atoms with van der Waals surface area (Å²) in [5.41, 5.74) is 5.13. The minimum absolute atomic E-state index is 0.0919. The van der Waals surface area contributed by atoms with Crippen molar-refractivity contribution in [3.63, 3.8) is 0 Å². The molecule has 0 saturated carbocycles. The largest absolute Gasteiger partial charge is 0.480 e. The SMILES string of the molecule is CN(CCC(F)(F)F)CC(N)C(=O)O. The second-order valence-electron chi connectivity index (χ2n) is 3.07. The lowest BCUT2D eigenvalue weighted by atomic mass is 10.3. The number of halogens is 3. The molecule has 1 atom stereocenters. The molecule has 84 valence electrons. The maximum absolute atomic E-state index is 11.7. The highest BCUT2D eigenvalue weighted by Crippen LogP contribution is 2.19. The van der Waals surface area contributed by atoms with Crippen LogP contribution in [0.25, 0.3) is 0 Å². The standard InChI is InChI=1S/C7H13F3N2O2/c1-12(3-2-7(8,9)10)4-5(11)6(13)14/h5H,2-4,11H2,1H3,(H,13,14). The van der Waals surface area contributed by atoms with E-state index in [0.29, 0.717) is 0 Å². The van der Waals surface area contributed by atoms with Gasteiger partial charge in [-0.05, 0) is 7.05 Å². The van der Waals surface area contributed by atoms with Crippen molar-refractivity contribution in [1.29, 1.82) is 0 Å². The van der Waals surface area contributed by atoms with Gasteiger partial charge in [0.1, 0.15) is 6.04 Å². The Morgan fingerprint density at radius 1 is 1.57 bits per heavy atom. The van der Waals surface area contributed by atoms with Crippen molar-refractivity contribution in [2.75, 3.05) is 20.1 Å². The first-order chi connectivity index (χ1) is 6.22. The van der Waals surface area contributed by atoms with Gasteiger partial charge in [-0.25, -0.2) is 0 Å². The van der Waals surface area contributed by atoms with E-state index in [4.69, 9.17) is 10.8 Å². The molecule has 0 heterocycles. The van der Waals surface area contributed by atoms with Crippen molar-refractivity contribution < 1.29 is 23.1 Å². The minimum atomic E-state index is -4.22. The van der Waals surface area contributed by atoms with Crippen LogP contribution in [0.15, 0.2) is 0 Å². The van der Waals surface area contributed by atoms with E-state index >= 15 is 0 Å². The summed E-state index contributed by atoms with van der Waals surface area (Å²) in [5, 5.41) is 8.39. The van der Waals surface area contributed by atoms with Crippen LogP contribution in [0.5, 0.6) is 0 Å². The van der Waals surface area contributed by atoms with Crippen LogP contribution < -0.4 is 5.73 Å². The summed E-state index contributed by atoms with van der Waals surface area (Å²) in [5.74, 6) is -1.22. The van der Waals surface area contributed by atoms with E-state index < -0.39 is 24.6 Å². The maximum atomic E-state index is 11.7. The predicted octanol–water partition coefficient (Wildman–Crippen LogP) is 0.283. The molecular formula is C7H13F3N2O2. The summed E-state index contributed by atoms with van der Waals surface area (Å²) >= 11 is 0. The Morgan fingerprint density at radius 3 is 2.43 bits per heavy atom. The van der Waals surface area contributed by atoms with Crippen LogP contribution in [-0.4, -0.2) is 48.3 Å². The fourth-order valence-electron chi connectivity index (χ4n) is 0.823. The van der Waals surface area contributed by atoms with Gasteiger partial charge < -0.3 is 15.7 Å². The summed E-state index contributed by atoms with van der Waals surface area (Å²) < 4.78 is 35.2. The van der Waals surface area contributed by atoms with Gasteiger partial charge in [-0.1, -0.05) is 0 Å². The molecule has 0 spiro atoms. The molecule has 0 aromatic rings. The summed E-state index contributed by atoms with van der Waals surface area (Å²) in [7, 11) is 1.40. The molecule has 4 nitrogen and oxygen atoms in total. The highest BCUT2D eigenvalue weighted by atomic mass is 19.4. The Morgan fingerprint density at radius 2 is 2.07 bits per heavy atom. The van der Waals surface area contributed by atoms with Crippen molar-refractivity contribution in [3.05, 3.63) is 0 Å². The van der Waals surface area contributed by atoms with Crippen molar-refractivity contribution in [2.45, 2.75) is 18.6 Å². The number of likely N-dealkylation sites (N-methyl/N-ethyl adjacent to an activating group) is 1. The number of hydrogen-bond donors (Lipinski definition) is 2. The average Bonchev–Trinajstić information content (AvgIpc) is 1.99. The van der Waals surface area contributed by atoms with Gasteiger partial charge in [0.15, 0.2) is 0 Å². The number of rotatable bonds is 5. The van der Waals surface area contributed by atoms with E-state index in [1.165, 1.54) is 11.9 Å². The van der Waals surface area contributed by atoms with E-state index in [2.05, 4.69) is 0 Å². The van der Waals surface area contributed by atoms with Crippen LogP contribution >= 0.6 is 0 Å². The fourth-order valence-corrected chi connectivity index (χ4v) is 0.823. The topological polar surface area (TPSA) is 66.6 Å². The number of nitrogens with two attached hydrogens (primary N) is 1. The number of carboxylic acids is 1. The number of carboxylic acid groups (broad SMARTS) is 1. The Hall–Kier alpha value is -0.820. The van der Waals surface area contributed by atoms with E-state index in [0.717, 1.165) is 0 Å². The number of carbonyl (C=O) groups is 1. The Labute approximate surface area is 79.5 Å². The Balaban J connectivity index is 3.76. The van der Waals surface area contributed by atoms with Gasteiger partial charge >= 0.3 is 12.1 Å². The highest BCUT2D eigenvalue weighted by molar-refractivity contribution is 5.73. The monoisotopic (exact) mass is 214 g/mol. The smallest absolute Gasteiger partial charge is 0.390 e. The van der Waals surface area contributed by atoms with E-state index in [1.54, 1.807) is 0 Å². The highest BCUT2D eigenvalue weighted by Gasteiger charge is 2.27. The zero-order valence-electron chi connectivity index (χ0n) is 7.71. The van der Waals surface area contributed by atoms with Crippen LogP contribution in [-0.2, 0) is 4.79 Å². The third-order valence-electron chi connectivity index (χ3n) is 1.60. The number of alkyl halides is 3. The summed E-state index contributed by atoms with van der Waals surface area (Å²) in [6, 6.07) is -1.15. The first kappa shape index (κ1) is 13.2. The van der Waals surface area contributed by atoms with Crippen molar-refractivity contribution in [1.82, 2.24) is 4.90 Å². The van der Waals surface area contributed by atoms with Crippen molar-refractivity contribution in [3.8, 4) is 0 Å². The second kappa shape index (κ2) is 5.16. The molecule has 0 aliphatic carbocycles. The molecule has 0 fully saturated rings. The van der Waals surface area contributed by atoms with E-state index in [9.17, 15) is 18.0 Å². The lowest BCUT2D eigenvalue weighted by molar-refractivity contribution is -0.140. The molecule has 0 amide bonds. The van der Waals surface area contributed by atoms with Gasteiger partial charge in [0.2, 0.25) is 0 Å². The molecule has 1 unspecified atom stereocenters. The van der Waals surface area contributed by atoms with Crippen LogP contribution in [0.4, 0.5) is 13.2 Å².